The van der Waals surface area contributed by atoms with Crippen molar-refractivity contribution < 1.29 is 6.22 Å². The first-order valence-corrected chi connectivity index (χ1v) is 5.03. The molecule has 0 radical (unpaired) electrons. The van der Waals surface area contributed by atoms with E-state index >= 15 is 0 Å². The van der Waals surface area contributed by atoms with Crippen molar-refractivity contribution in [2.45, 2.75) is 20.3 Å². The van der Waals surface area contributed by atoms with Crippen LogP contribution in [0.25, 0.3) is 0 Å². The van der Waals surface area contributed by atoms with Gasteiger partial charge in [-0.1, -0.05) is 50.2 Å². The van der Waals surface area contributed by atoms with Gasteiger partial charge in [-0.2, -0.15) is 0 Å². The summed E-state index contributed by atoms with van der Waals surface area (Å²) in [5, 5.41) is 2.95. The minimum absolute atomic E-state index is 0. The summed E-state index contributed by atoms with van der Waals surface area (Å²) in [6, 6.07) is 12.0. The molecule has 0 aliphatic heterocycles. The van der Waals surface area contributed by atoms with E-state index in [1.54, 1.807) is 0 Å². The highest BCUT2D eigenvalue weighted by Crippen LogP contribution is 1.79. The van der Waals surface area contributed by atoms with Gasteiger partial charge in [0.2, 0.25) is 0 Å². The number of nitrogens with one attached hydrogen (secondary N) is 1. The second-order valence-corrected chi connectivity index (χ2v) is 2.83. The third-order valence-corrected chi connectivity index (χ3v) is 1.63. The summed E-state index contributed by atoms with van der Waals surface area (Å²) in [5.41, 5.74) is 0. The summed E-state index contributed by atoms with van der Waals surface area (Å²) in [7, 11) is 0. The van der Waals surface area contributed by atoms with Crippen molar-refractivity contribution in [1.82, 2.24) is 5.32 Å². The summed E-state index contributed by atoms with van der Waals surface area (Å²) >= 11 is 0. The molecule has 1 N–H and O–H groups in total. The first-order valence-electron chi connectivity index (χ1n) is 5.03. The summed E-state index contributed by atoms with van der Waals surface area (Å²) in [6.07, 6.45) is 0.646. The lowest BCUT2D eigenvalue weighted by Crippen LogP contribution is -2.21. The zero-order chi connectivity index (χ0) is 10.6. The van der Waals surface area contributed by atoms with Gasteiger partial charge in [0.25, 0.3) is 0 Å². The van der Waals surface area contributed by atoms with E-state index in [0.717, 1.165) is 6.54 Å². The third kappa shape index (κ3) is 8.94. The van der Waals surface area contributed by atoms with Crippen LogP contribution >= 0.6 is 0 Å². The Balaban J connectivity index is 0. The standard InChI is InChI=1S/C6H13NO.C6H6.H2/c1-3-6(8)5-7-4-2;1-2-4-6-5-3-1;/h7H,3-5H2,1-2H3;1-6H;1H. The molecule has 1 aromatic carbocycles. The zero-order valence-electron chi connectivity index (χ0n) is 8.99. The molecule has 0 spiro atoms. The number of rotatable bonds is 4. The summed E-state index contributed by atoms with van der Waals surface area (Å²) in [5.74, 6) is 0.284. The summed E-state index contributed by atoms with van der Waals surface area (Å²) in [6.45, 7) is 5.28. The van der Waals surface area contributed by atoms with Crippen LogP contribution in [-0.2, 0) is 4.79 Å². The SMILES string of the molecule is CCNCC(=O)CC.[HH].c1ccccc1. The van der Waals surface area contributed by atoms with Crippen LogP contribution in [0.15, 0.2) is 36.4 Å². The van der Waals surface area contributed by atoms with E-state index in [0.29, 0.717) is 13.0 Å². The number of hydrogen-bond acceptors (Lipinski definition) is 2. The Morgan fingerprint density at radius 3 is 1.79 bits per heavy atom. The Bertz CT molecular complexity index is 200. The molecule has 0 saturated carbocycles. The first kappa shape index (κ1) is 12.8. The molecule has 0 aromatic heterocycles. The Morgan fingerprint density at radius 2 is 1.50 bits per heavy atom. The number of Topliss-reactive ketones (excluding diaryl/α,β-unsaturated/α-hetero) is 1. The molecule has 0 aliphatic carbocycles. The lowest BCUT2D eigenvalue weighted by atomic mass is 10.3. The second kappa shape index (κ2) is 9.93. The van der Waals surface area contributed by atoms with E-state index in [2.05, 4.69) is 5.32 Å². The van der Waals surface area contributed by atoms with E-state index in [4.69, 9.17) is 0 Å². The Hall–Kier alpha value is -1.15. The number of hydrogen-bond donors (Lipinski definition) is 1. The van der Waals surface area contributed by atoms with Gasteiger partial charge in [-0.3, -0.25) is 4.79 Å². The molecule has 2 heteroatoms. The maximum atomic E-state index is 10.5. The lowest BCUT2D eigenvalue weighted by molar-refractivity contribution is -0.117. The van der Waals surface area contributed by atoms with Crippen molar-refractivity contribution >= 4 is 5.78 Å². The molecule has 0 unspecified atom stereocenters. The summed E-state index contributed by atoms with van der Waals surface area (Å²) in [4.78, 5) is 10.5. The molecular formula is C12H21NO. The van der Waals surface area contributed by atoms with Crippen LogP contribution < -0.4 is 5.32 Å². The van der Waals surface area contributed by atoms with Crippen LogP contribution in [0.4, 0.5) is 0 Å². The predicted molar refractivity (Wildman–Crippen MR) is 62.4 cm³/mol. The smallest absolute Gasteiger partial charge is 0.146 e. The fraction of sp³-hybridized carbons (Fsp3) is 0.417. The third-order valence-electron chi connectivity index (χ3n) is 1.63. The van der Waals surface area contributed by atoms with Crippen LogP contribution in [0.2, 0.25) is 0 Å². The summed E-state index contributed by atoms with van der Waals surface area (Å²) < 4.78 is 0. The van der Waals surface area contributed by atoms with Gasteiger partial charge in [-0.15, -0.1) is 0 Å². The topological polar surface area (TPSA) is 29.1 Å². The van der Waals surface area contributed by atoms with Crippen molar-refractivity contribution in [2.75, 3.05) is 13.1 Å². The monoisotopic (exact) mass is 195 g/mol. The number of likely N-dealkylation sites (N-methyl/N-ethyl adjacent to an activating group) is 1. The Kier molecular flexibility index (Phi) is 9.12. The van der Waals surface area contributed by atoms with Crippen molar-refractivity contribution in [3.63, 3.8) is 0 Å². The second-order valence-electron chi connectivity index (χ2n) is 2.83. The van der Waals surface area contributed by atoms with Gasteiger partial charge in [0, 0.05) is 7.85 Å². The molecule has 0 fully saturated rings. The van der Waals surface area contributed by atoms with Crippen molar-refractivity contribution in [3.05, 3.63) is 36.4 Å². The molecule has 0 aliphatic rings. The Morgan fingerprint density at radius 1 is 1.07 bits per heavy atom. The molecule has 14 heavy (non-hydrogen) atoms. The van der Waals surface area contributed by atoms with Crippen LogP contribution in [0.5, 0.6) is 0 Å². The lowest BCUT2D eigenvalue weighted by Gasteiger charge is -1.95. The van der Waals surface area contributed by atoms with Gasteiger partial charge in [-0.25, -0.2) is 0 Å². The van der Waals surface area contributed by atoms with Gasteiger partial charge in [-0.05, 0) is 6.54 Å². The van der Waals surface area contributed by atoms with Crippen LogP contribution in [0, 0.1) is 0 Å². The molecule has 0 amide bonds. The largest absolute Gasteiger partial charge is 0.310 e. The maximum Gasteiger partial charge on any atom is 0.146 e. The highest BCUT2D eigenvalue weighted by molar-refractivity contribution is 5.79. The van der Waals surface area contributed by atoms with Crippen LogP contribution in [0.1, 0.15) is 21.7 Å². The quantitative estimate of drug-likeness (QED) is 0.799. The van der Waals surface area contributed by atoms with Crippen LogP contribution in [0.3, 0.4) is 0 Å². The van der Waals surface area contributed by atoms with Crippen molar-refractivity contribution in [1.29, 1.82) is 0 Å². The number of benzene rings is 1. The van der Waals surface area contributed by atoms with E-state index in [-0.39, 0.29) is 7.21 Å². The molecule has 0 heterocycles. The Labute approximate surface area is 87.8 Å². The van der Waals surface area contributed by atoms with Crippen molar-refractivity contribution in [3.8, 4) is 0 Å². The number of carbonyl (C=O) groups excluding carboxylic acids is 1. The van der Waals surface area contributed by atoms with Gasteiger partial charge < -0.3 is 5.32 Å². The van der Waals surface area contributed by atoms with E-state index < -0.39 is 0 Å². The van der Waals surface area contributed by atoms with Gasteiger partial charge in [0.1, 0.15) is 5.78 Å². The molecule has 0 bridgehead atoms. The highest BCUT2D eigenvalue weighted by atomic mass is 16.1. The van der Waals surface area contributed by atoms with Gasteiger partial charge in [0.15, 0.2) is 0 Å². The fourth-order valence-corrected chi connectivity index (χ4v) is 0.774. The van der Waals surface area contributed by atoms with E-state index in [9.17, 15) is 4.79 Å². The minimum atomic E-state index is 0. The zero-order valence-corrected chi connectivity index (χ0v) is 8.99. The molecule has 1 aromatic rings. The first-order chi connectivity index (χ1) is 6.81. The highest BCUT2D eigenvalue weighted by Gasteiger charge is 1.92. The minimum Gasteiger partial charge on any atom is -0.310 e. The van der Waals surface area contributed by atoms with E-state index in [1.807, 2.05) is 50.2 Å². The molecule has 0 saturated heterocycles. The normalized spacial score (nSPS) is 8.71. The molecular weight excluding hydrogens is 174 g/mol. The molecule has 2 nitrogen and oxygen atoms in total. The maximum absolute atomic E-state index is 10.5. The fourth-order valence-electron chi connectivity index (χ4n) is 0.774. The predicted octanol–water partition coefficient (Wildman–Crippen LogP) is 2.51. The van der Waals surface area contributed by atoms with Crippen LogP contribution in [-0.4, -0.2) is 18.9 Å². The number of ketones is 1. The molecule has 80 valence electrons. The van der Waals surface area contributed by atoms with Crippen molar-refractivity contribution in [2.24, 2.45) is 0 Å². The molecule has 0 atom stereocenters. The number of carbonyl (C=O) groups is 1. The van der Waals surface area contributed by atoms with Gasteiger partial charge in [0.05, 0.1) is 6.54 Å². The molecule has 1 rings (SSSR count). The van der Waals surface area contributed by atoms with Gasteiger partial charge >= 0.3 is 0 Å². The van der Waals surface area contributed by atoms with E-state index in [1.165, 1.54) is 0 Å². The average Bonchev–Trinajstić information content (AvgIpc) is 2.29. The average molecular weight is 195 g/mol.